The number of thiophene rings is 1. The molecule has 2 N–H and O–H groups in total. The van der Waals surface area contributed by atoms with Crippen LogP contribution in [-0.2, 0) is 11.3 Å². The largest absolute Gasteiger partial charge is 0.379 e. The molecule has 0 aliphatic carbocycles. The van der Waals surface area contributed by atoms with E-state index in [4.69, 9.17) is 23.8 Å². The third-order valence-electron chi connectivity index (χ3n) is 5.58. The van der Waals surface area contributed by atoms with Gasteiger partial charge < -0.3 is 15.2 Å². The fourth-order valence-electron chi connectivity index (χ4n) is 4.08. The molecule has 4 nitrogen and oxygen atoms in total. The zero-order chi connectivity index (χ0) is 21.1. The third-order valence-corrected chi connectivity index (χ3v) is 7.27. The Kier molecular flexibility index (Phi) is 6.51. The first kappa shape index (κ1) is 21.0. The van der Waals surface area contributed by atoms with E-state index in [0.29, 0.717) is 29.3 Å². The van der Waals surface area contributed by atoms with Crippen LogP contribution in [0.4, 0.5) is 10.1 Å². The molecule has 2 unspecified atom stereocenters. The summed E-state index contributed by atoms with van der Waals surface area (Å²) in [6, 6.07) is 10.7. The summed E-state index contributed by atoms with van der Waals surface area (Å²) in [7, 11) is 0. The molecule has 0 spiro atoms. The van der Waals surface area contributed by atoms with Crippen LogP contribution in [0.1, 0.15) is 34.3 Å². The van der Waals surface area contributed by atoms with Crippen LogP contribution < -0.4 is 5.32 Å². The highest BCUT2D eigenvalue weighted by molar-refractivity contribution is 7.71. The summed E-state index contributed by atoms with van der Waals surface area (Å²) >= 11 is 13.6. The second-order valence-electron chi connectivity index (χ2n) is 7.35. The van der Waals surface area contributed by atoms with E-state index < -0.39 is 0 Å². The number of amides is 1. The van der Waals surface area contributed by atoms with Gasteiger partial charge in [-0.15, -0.1) is 11.3 Å². The first-order valence-electron chi connectivity index (χ1n) is 9.69. The normalized spacial score (nSPS) is 18.9. The topological polar surface area (TPSA) is 48.1 Å². The van der Waals surface area contributed by atoms with Gasteiger partial charge in [-0.1, -0.05) is 42.0 Å². The average Bonchev–Trinajstić information content (AvgIpc) is 3.28. The van der Waals surface area contributed by atoms with Crippen molar-refractivity contribution >= 4 is 47.3 Å². The van der Waals surface area contributed by atoms with E-state index in [0.717, 1.165) is 29.6 Å². The fourth-order valence-corrected chi connectivity index (χ4v) is 5.11. The zero-order valence-corrected chi connectivity index (χ0v) is 18.5. The highest BCUT2D eigenvalue weighted by Gasteiger charge is 2.33. The smallest absolute Gasteiger partial charge is 0.209 e. The molecule has 0 saturated carbocycles. The molecule has 1 fully saturated rings. The minimum absolute atomic E-state index is 0.00963. The number of nitrogens with zero attached hydrogens (tertiary/aromatic N) is 1. The second kappa shape index (κ2) is 9.29. The first-order valence-corrected chi connectivity index (χ1v) is 11.4. The molecule has 1 aliphatic heterocycles. The van der Waals surface area contributed by atoms with Crippen LogP contribution in [0.5, 0.6) is 0 Å². The van der Waals surface area contributed by atoms with Gasteiger partial charge in [0.2, 0.25) is 6.41 Å². The molecule has 0 bridgehead atoms. The second-order valence-corrected chi connectivity index (χ2v) is 9.17. The number of hydrogen-bond acceptors (Lipinski definition) is 4. The van der Waals surface area contributed by atoms with Crippen molar-refractivity contribution in [3.05, 3.63) is 79.5 Å². The van der Waals surface area contributed by atoms with Gasteiger partial charge in [-0.05, 0) is 47.0 Å². The van der Waals surface area contributed by atoms with Crippen molar-refractivity contribution in [2.75, 3.05) is 18.4 Å². The van der Waals surface area contributed by atoms with Gasteiger partial charge in [-0.3, -0.25) is 4.79 Å². The Morgan fingerprint density at radius 1 is 1.30 bits per heavy atom. The number of benzene rings is 1. The van der Waals surface area contributed by atoms with Gasteiger partial charge in [0.1, 0.15) is 10.5 Å². The molecule has 30 heavy (non-hydrogen) atoms. The zero-order valence-electron chi connectivity index (χ0n) is 16.1. The first-order chi connectivity index (χ1) is 14.6. The summed E-state index contributed by atoms with van der Waals surface area (Å²) in [5.74, 6) is -0.139. The molecule has 3 aromatic rings. The van der Waals surface area contributed by atoms with Gasteiger partial charge in [0.15, 0.2) is 0 Å². The number of rotatable bonds is 6. The molecule has 156 valence electrons. The monoisotopic (exact) mass is 461 g/mol. The Hall–Kier alpha value is -2.22. The van der Waals surface area contributed by atoms with Crippen molar-refractivity contribution in [2.24, 2.45) is 0 Å². The highest BCUT2D eigenvalue weighted by atomic mass is 35.5. The van der Waals surface area contributed by atoms with E-state index >= 15 is 0 Å². The van der Waals surface area contributed by atoms with Crippen molar-refractivity contribution < 1.29 is 9.18 Å². The van der Waals surface area contributed by atoms with Crippen LogP contribution in [0.3, 0.4) is 0 Å². The lowest BCUT2D eigenvalue weighted by Crippen LogP contribution is -2.37. The Labute approximate surface area is 188 Å². The maximum Gasteiger partial charge on any atom is 0.209 e. The molecule has 1 saturated heterocycles. The summed E-state index contributed by atoms with van der Waals surface area (Å²) < 4.78 is 14.0. The molecule has 2 aromatic heterocycles. The van der Waals surface area contributed by atoms with E-state index in [9.17, 15) is 9.18 Å². The van der Waals surface area contributed by atoms with Gasteiger partial charge >= 0.3 is 0 Å². The van der Waals surface area contributed by atoms with E-state index in [-0.39, 0.29) is 17.7 Å². The summed E-state index contributed by atoms with van der Waals surface area (Å²) in [5.41, 5.74) is 2.82. The number of nitrogens with one attached hydrogen (secondary N) is 2. The standard InChI is InChI=1S/C22H21ClFN3OS2/c23-20-21(25-10-16-2-1-9-30-16)18(11-26-22(20)29)19-12-27(13-28)8-7-17(19)14-3-5-15(24)6-4-14/h1-6,9,11,13,17,19H,7-8,10,12H2,(H2,25,26,29). The Balaban J connectivity index is 1.74. The summed E-state index contributed by atoms with van der Waals surface area (Å²) in [5, 5.41) is 5.97. The van der Waals surface area contributed by atoms with E-state index in [2.05, 4.69) is 16.4 Å². The quantitative estimate of drug-likeness (QED) is 0.353. The van der Waals surface area contributed by atoms with Gasteiger partial charge in [0.05, 0.1) is 10.7 Å². The molecule has 4 rings (SSSR count). The number of aromatic nitrogens is 1. The molecular weight excluding hydrogens is 441 g/mol. The van der Waals surface area contributed by atoms with Crippen molar-refractivity contribution in [1.82, 2.24) is 9.88 Å². The van der Waals surface area contributed by atoms with Crippen LogP contribution in [-0.4, -0.2) is 29.4 Å². The van der Waals surface area contributed by atoms with Gasteiger partial charge in [0, 0.05) is 36.6 Å². The fraction of sp³-hybridized carbons (Fsp3) is 0.273. The van der Waals surface area contributed by atoms with Crippen LogP contribution in [0.15, 0.2) is 48.0 Å². The summed E-state index contributed by atoms with van der Waals surface area (Å²) in [6.07, 6.45) is 3.56. The Bertz CT molecular complexity index is 1070. The number of H-pyrrole nitrogens is 1. The van der Waals surface area contributed by atoms with Gasteiger partial charge in [0.25, 0.3) is 0 Å². The number of carbonyl (C=O) groups excluding carboxylic acids is 1. The maximum absolute atomic E-state index is 13.5. The lowest BCUT2D eigenvalue weighted by atomic mass is 9.77. The van der Waals surface area contributed by atoms with Crippen LogP contribution in [0, 0.1) is 10.5 Å². The predicted molar refractivity (Wildman–Crippen MR) is 122 cm³/mol. The number of piperidine rings is 1. The molecule has 3 heterocycles. The van der Waals surface area contributed by atoms with Gasteiger partial charge in [-0.2, -0.15) is 0 Å². The van der Waals surface area contributed by atoms with Crippen molar-refractivity contribution in [2.45, 2.75) is 24.8 Å². The minimum Gasteiger partial charge on any atom is -0.379 e. The van der Waals surface area contributed by atoms with Crippen LogP contribution >= 0.6 is 35.2 Å². The van der Waals surface area contributed by atoms with Crippen LogP contribution in [0.25, 0.3) is 0 Å². The molecule has 1 aromatic carbocycles. The SMILES string of the molecule is O=CN1CCC(c2ccc(F)cc2)C(c2c[nH]c(=S)c(Cl)c2NCc2cccs2)C1. The number of aromatic amines is 1. The molecule has 2 atom stereocenters. The number of carbonyl (C=O) groups is 1. The van der Waals surface area contributed by atoms with E-state index in [1.54, 1.807) is 16.2 Å². The molecule has 1 amide bonds. The number of likely N-dealkylation sites (tertiary alicyclic amines) is 1. The molecule has 8 heteroatoms. The average molecular weight is 462 g/mol. The van der Waals surface area contributed by atoms with Crippen molar-refractivity contribution in [1.29, 1.82) is 0 Å². The van der Waals surface area contributed by atoms with E-state index in [1.807, 2.05) is 29.8 Å². The lowest BCUT2D eigenvalue weighted by Gasteiger charge is -2.38. The third kappa shape index (κ3) is 4.43. The molecule has 0 radical (unpaired) electrons. The molecule has 1 aliphatic rings. The number of hydrogen-bond donors (Lipinski definition) is 2. The minimum atomic E-state index is -0.259. The Morgan fingerprint density at radius 3 is 2.80 bits per heavy atom. The Morgan fingerprint density at radius 2 is 2.10 bits per heavy atom. The lowest BCUT2D eigenvalue weighted by molar-refractivity contribution is -0.119. The molecular formula is C22H21ClFN3OS2. The number of halogens is 2. The summed E-state index contributed by atoms with van der Waals surface area (Å²) in [4.78, 5) is 17.6. The number of anilines is 1. The summed E-state index contributed by atoms with van der Waals surface area (Å²) in [6.45, 7) is 1.85. The van der Waals surface area contributed by atoms with Crippen molar-refractivity contribution in [3.8, 4) is 0 Å². The van der Waals surface area contributed by atoms with Crippen LogP contribution in [0.2, 0.25) is 5.02 Å². The van der Waals surface area contributed by atoms with Gasteiger partial charge in [-0.25, -0.2) is 4.39 Å². The number of pyridine rings is 1. The maximum atomic E-state index is 13.5. The highest BCUT2D eigenvalue weighted by Crippen LogP contribution is 2.43. The predicted octanol–water partition coefficient (Wildman–Crippen LogP) is 5.94. The van der Waals surface area contributed by atoms with Crippen molar-refractivity contribution in [3.63, 3.8) is 0 Å². The van der Waals surface area contributed by atoms with E-state index in [1.165, 1.54) is 17.0 Å².